The van der Waals surface area contributed by atoms with Crippen molar-refractivity contribution in [2.75, 3.05) is 5.73 Å². The third-order valence-corrected chi connectivity index (χ3v) is 7.19. The highest BCUT2D eigenvalue weighted by atomic mass is 79.9. The SMILES string of the molecule is CC1(C)CCCC1NS(=O)(=O)c1c(Br)cc(N)cc1Br. The van der Waals surface area contributed by atoms with Crippen molar-refractivity contribution in [3.63, 3.8) is 0 Å². The first-order valence-corrected chi connectivity index (χ1v) is 9.47. The molecule has 1 aromatic carbocycles. The van der Waals surface area contributed by atoms with Crippen molar-refractivity contribution in [1.82, 2.24) is 4.72 Å². The number of sulfonamides is 1. The third kappa shape index (κ3) is 3.21. The van der Waals surface area contributed by atoms with Gasteiger partial charge in [-0.2, -0.15) is 0 Å². The Bertz CT molecular complexity index is 606. The predicted octanol–water partition coefficient (Wildman–Crippen LogP) is 3.65. The number of nitrogen functional groups attached to an aromatic ring is 1. The highest BCUT2D eigenvalue weighted by Crippen LogP contribution is 2.39. The lowest BCUT2D eigenvalue weighted by atomic mass is 9.88. The van der Waals surface area contributed by atoms with Crippen molar-refractivity contribution in [3.8, 4) is 0 Å². The molecular weight excluding hydrogens is 408 g/mol. The number of halogens is 2. The van der Waals surface area contributed by atoms with E-state index in [1.54, 1.807) is 12.1 Å². The highest BCUT2D eigenvalue weighted by Gasteiger charge is 2.38. The summed E-state index contributed by atoms with van der Waals surface area (Å²) < 4.78 is 29.0. The molecule has 1 atom stereocenters. The average Bonchev–Trinajstić information content (AvgIpc) is 2.55. The number of anilines is 1. The lowest BCUT2D eigenvalue weighted by molar-refractivity contribution is 0.313. The molecule has 0 heterocycles. The third-order valence-electron chi connectivity index (χ3n) is 3.84. The molecule has 1 aromatic rings. The van der Waals surface area contributed by atoms with Crippen LogP contribution in [0.3, 0.4) is 0 Å². The maximum Gasteiger partial charge on any atom is 0.243 e. The van der Waals surface area contributed by atoms with E-state index >= 15 is 0 Å². The van der Waals surface area contributed by atoms with Gasteiger partial charge in [0.15, 0.2) is 0 Å². The molecule has 0 saturated heterocycles. The van der Waals surface area contributed by atoms with Crippen LogP contribution in [0.1, 0.15) is 33.1 Å². The molecule has 0 bridgehead atoms. The smallest absolute Gasteiger partial charge is 0.243 e. The van der Waals surface area contributed by atoms with Crippen LogP contribution in [0.5, 0.6) is 0 Å². The number of hydrogen-bond acceptors (Lipinski definition) is 3. The van der Waals surface area contributed by atoms with Crippen molar-refractivity contribution in [2.45, 2.75) is 44.0 Å². The number of hydrogen-bond donors (Lipinski definition) is 2. The van der Waals surface area contributed by atoms with E-state index in [2.05, 4.69) is 50.4 Å². The molecule has 2 rings (SSSR count). The molecule has 0 aliphatic heterocycles. The van der Waals surface area contributed by atoms with Gasteiger partial charge in [0.1, 0.15) is 4.90 Å². The second-order valence-electron chi connectivity index (χ2n) is 5.87. The lowest BCUT2D eigenvalue weighted by Crippen LogP contribution is -2.41. The molecule has 0 spiro atoms. The maximum absolute atomic E-state index is 12.6. The van der Waals surface area contributed by atoms with Crippen LogP contribution in [0.15, 0.2) is 26.0 Å². The van der Waals surface area contributed by atoms with Gasteiger partial charge in [0.2, 0.25) is 10.0 Å². The molecular formula is C13H18Br2N2O2S. The van der Waals surface area contributed by atoms with Gasteiger partial charge in [-0.3, -0.25) is 0 Å². The molecule has 7 heteroatoms. The molecule has 1 saturated carbocycles. The molecule has 1 fully saturated rings. The Labute approximate surface area is 136 Å². The first-order chi connectivity index (χ1) is 9.13. The molecule has 4 nitrogen and oxygen atoms in total. The van der Waals surface area contributed by atoms with Crippen LogP contribution in [0.4, 0.5) is 5.69 Å². The van der Waals surface area contributed by atoms with E-state index in [4.69, 9.17) is 5.73 Å². The van der Waals surface area contributed by atoms with Crippen LogP contribution in [0.25, 0.3) is 0 Å². The molecule has 1 unspecified atom stereocenters. The normalized spacial score (nSPS) is 22.1. The maximum atomic E-state index is 12.6. The largest absolute Gasteiger partial charge is 0.399 e. The summed E-state index contributed by atoms with van der Waals surface area (Å²) in [5.74, 6) is 0. The van der Waals surface area contributed by atoms with Crippen LogP contribution in [-0.4, -0.2) is 14.5 Å². The molecule has 112 valence electrons. The zero-order valence-corrected chi connectivity index (χ0v) is 15.4. The van der Waals surface area contributed by atoms with Gasteiger partial charge in [0.05, 0.1) is 0 Å². The average molecular weight is 426 g/mol. The van der Waals surface area contributed by atoms with E-state index < -0.39 is 10.0 Å². The summed E-state index contributed by atoms with van der Waals surface area (Å²) in [5.41, 5.74) is 6.19. The summed E-state index contributed by atoms with van der Waals surface area (Å²) >= 11 is 6.57. The molecule has 20 heavy (non-hydrogen) atoms. The Hall–Kier alpha value is -0.110. The van der Waals surface area contributed by atoms with Crippen LogP contribution >= 0.6 is 31.9 Å². The fraction of sp³-hybridized carbons (Fsp3) is 0.538. The van der Waals surface area contributed by atoms with Crippen LogP contribution < -0.4 is 10.5 Å². The Morgan fingerprint density at radius 3 is 2.30 bits per heavy atom. The lowest BCUT2D eigenvalue weighted by Gasteiger charge is -2.28. The number of nitrogens with one attached hydrogen (secondary N) is 1. The van der Waals surface area contributed by atoms with Crippen LogP contribution in [0, 0.1) is 5.41 Å². The number of benzene rings is 1. The monoisotopic (exact) mass is 424 g/mol. The second-order valence-corrected chi connectivity index (χ2v) is 9.23. The van der Waals surface area contributed by atoms with Gasteiger partial charge < -0.3 is 5.73 Å². The molecule has 3 N–H and O–H groups in total. The molecule has 1 aliphatic rings. The summed E-state index contributed by atoms with van der Waals surface area (Å²) in [6, 6.07) is 3.15. The van der Waals surface area contributed by atoms with E-state index in [-0.39, 0.29) is 16.4 Å². The Morgan fingerprint density at radius 2 is 1.85 bits per heavy atom. The Kier molecular flexibility index (Phi) is 4.54. The molecule has 0 radical (unpaired) electrons. The summed E-state index contributed by atoms with van der Waals surface area (Å²) in [5, 5.41) is 0. The highest BCUT2D eigenvalue weighted by molar-refractivity contribution is 9.11. The van der Waals surface area contributed by atoms with E-state index in [9.17, 15) is 8.42 Å². The van der Waals surface area contributed by atoms with Crippen molar-refractivity contribution in [3.05, 3.63) is 21.1 Å². The topological polar surface area (TPSA) is 72.2 Å². The van der Waals surface area contributed by atoms with Gasteiger partial charge in [-0.05, 0) is 62.2 Å². The summed E-state index contributed by atoms with van der Waals surface area (Å²) in [7, 11) is -3.59. The van der Waals surface area contributed by atoms with Gasteiger partial charge in [-0.25, -0.2) is 13.1 Å². The van der Waals surface area contributed by atoms with Gasteiger partial charge in [-0.1, -0.05) is 20.3 Å². The zero-order valence-electron chi connectivity index (χ0n) is 11.4. The van der Waals surface area contributed by atoms with Gasteiger partial charge in [0.25, 0.3) is 0 Å². The van der Waals surface area contributed by atoms with Crippen LogP contribution in [0.2, 0.25) is 0 Å². The van der Waals surface area contributed by atoms with E-state index in [0.29, 0.717) is 14.6 Å². The van der Waals surface area contributed by atoms with Crippen molar-refractivity contribution in [2.24, 2.45) is 5.41 Å². The fourth-order valence-corrected chi connectivity index (χ4v) is 6.69. The Morgan fingerprint density at radius 1 is 1.30 bits per heavy atom. The van der Waals surface area contributed by atoms with Crippen molar-refractivity contribution in [1.29, 1.82) is 0 Å². The van der Waals surface area contributed by atoms with Gasteiger partial charge >= 0.3 is 0 Å². The Balaban J connectivity index is 2.37. The minimum Gasteiger partial charge on any atom is -0.399 e. The van der Waals surface area contributed by atoms with Crippen LogP contribution in [-0.2, 0) is 10.0 Å². The minimum atomic E-state index is -3.59. The minimum absolute atomic E-state index is 0.0141. The zero-order chi connectivity index (χ0) is 15.1. The number of rotatable bonds is 3. The second kappa shape index (κ2) is 5.59. The molecule has 0 aromatic heterocycles. The van der Waals surface area contributed by atoms with Gasteiger partial charge in [0, 0.05) is 20.7 Å². The van der Waals surface area contributed by atoms with Gasteiger partial charge in [-0.15, -0.1) is 0 Å². The summed E-state index contributed by atoms with van der Waals surface area (Å²) in [4.78, 5) is 0.203. The molecule has 1 aliphatic carbocycles. The summed E-state index contributed by atoms with van der Waals surface area (Å²) in [6.07, 6.45) is 2.95. The van der Waals surface area contributed by atoms with E-state index in [1.807, 2.05) is 0 Å². The van der Waals surface area contributed by atoms with E-state index in [0.717, 1.165) is 19.3 Å². The standard InChI is InChI=1S/C13H18Br2N2O2S/c1-13(2)5-3-4-11(13)17-20(18,19)12-9(14)6-8(16)7-10(12)15/h6-7,11,17H,3-5,16H2,1-2H3. The number of nitrogens with two attached hydrogens (primary N) is 1. The summed E-state index contributed by atoms with van der Waals surface area (Å²) in [6.45, 7) is 4.19. The fourth-order valence-electron chi connectivity index (χ4n) is 2.63. The molecule has 0 amide bonds. The first-order valence-electron chi connectivity index (χ1n) is 6.40. The first kappa shape index (κ1) is 16.3. The van der Waals surface area contributed by atoms with Crippen molar-refractivity contribution < 1.29 is 8.42 Å². The van der Waals surface area contributed by atoms with E-state index in [1.165, 1.54) is 0 Å². The predicted molar refractivity (Wildman–Crippen MR) is 88.0 cm³/mol. The van der Waals surface area contributed by atoms with Crippen molar-refractivity contribution >= 4 is 47.6 Å². The quantitative estimate of drug-likeness (QED) is 0.726.